The minimum Gasteiger partial charge on any atom is -0.493 e. The first kappa shape index (κ1) is 23.2. The molecule has 2 saturated carbocycles. The van der Waals surface area contributed by atoms with Gasteiger partial charge in [-0.05, 0) is 74.0 Å². The van der Waals surface area contributed by atoms with Gasteiger partial charge in [0.05, 0.1) is 19.3 Å². The topological polar surface area (TPSA) is 80.6 Å². The van der Waals surface area contributed by atoms with Crippen LogP contribution in [0.4, 0.5) is 4.79 Å². The highest BCUT2D eigenvalue weighted by atomic mass is 16.6. The summed E-state index contributed by atoms with van der Waals surface area (Å²) in [5.74, 6) is 2.59. The highest BCUT2D eigenvalue weighted by Gasteiger charge is 2.34. The normalized spacial score (nSPS) is 25.0. The Kier molecular flexibility index (Phi) is 8.06. The van der Waals surface area contributed by atoms with Gasteiger partial charge in [-0.3, -0.25) is 0 Å². The van der Waals surface area contributed by atoms with E-state index < -0.39 is 12.1 Å². The van der Waals surface area contributed by atoms with Crippen LogP contribution in [0.25, 0.3) is 0 Å². The van der Waals surface area contributed by atoms with Gasteiger partial charge in [0, 0.05) is 0 Å². The third kappa shape index (κ3) is 6.06. The average Bonchev–Trinajstić information content (AvgIpc) is 3.25. The Hall–Kier alpha value is -2.42. The van der Waals surface area contributed by atoms with Crippen LogP contribution < -0.4 is 14.8 Å². The predicted molar refractivity (Wildman–Crippen MR) is 119 cm³/mol. The summed E-state index contributed by atoms with van der Waals surface area (Å²) in [6, 6.07) is 6.73. The van der Waals surface area contributed by atoms with Crippen LogP contribution in [-0.4, -0.2) is 25.4 Å². The number of alkyl carbamates (subject to hydrolysis) is 1. The van der Waals surface area contributed by atoms with E-state index in [-0.39, 0.29) is 12.2 Å². The van der Waals surface area contributed by atoms with Crippen LogP contribution in [0.15, 0.2) is 18.2 Å². The van der Waals surface area contributed by atoms with Crippen LogP contribution in [0.1, 0.15) is 77.3 Å². The Morgan fingerprint density at radius 3 is 2.55 bits per heavy atom. The number of benzene rings is 1. The maximum Gasteiger partial charge on any atom is 0.408 e. The molecule has 1 aromatic rings. The molecule has 0 aromatic heterocycles. The highest BCUT2D eigenvalue weighted by molar-refractivity contribution is 5.69. The van der Waals surface area contributed by atoms with Crippen molar-refractivity contribution < 1.29 is 19.0 Å². The van der Waals surface area contributed by atoms with E-state index in [1.54, 1.807) is 25.3 Å². The molecule has 6 nitrogen and oxygen atoms in total. The number of nitriles is 1. The molecule has 2 aliphatic rings. The monoisotopic (exact) mass is 428 g/mol. The molecule has 0 heterocycles. The summed E-state index contributed by atoms with van der Waals surface area (Å²) in [7, 11) is 1.60. The molecule has 0 radical (unpaired) electrons. The van der Waals surface area contributed by atoms with E-state index in [0.717, 1.165) is 38.5 Å². The maximum absolute atomic E-state index is 12.7. The molecule has 3 rings (SSSR count). The summed E-state index contributed by atoms with van der Waals surface area (Å²) in [5.41, 5.74) is 0.658. The van der Waals surface area contributed by atoms with Crippen LogP contribution in [0.3, 0.4) is 0 Å². The summed E-state index contributed by atoms with van der Waals surface area (Å²) in [5, 5.41) is 12.5. The van der Waals surface area contributed by atoms with Crippen LogP contribution in [0.2, 0.25) is 0 Å². The van der Waals surface area contributed by atoms with Gasteiger partial charge in [0.15, 0.2) is 11.5 Å². The molecule has 6 heteroatoms. The van der Waals surface area contributed by atoms with Crippen molar-refractivity contribution in [1.29, 1.82) is 5.26 Å². The fourth-order valence-corrected chi connectivity index (χ4v) is 4.88. The van der Waals surface area contributed by atoms with E-state index in [0.29, 0.717) is 34.8 Å². The molecule has 4 unspecified atom stereocenters. The molecule has 0 saturated heterocycles. The zero-order valence-corrected chi connectivity index (χ0v) is 19.2. The quantitative estimate of drug-likeness (QED) is 0.596. The van der Waals surface area contributed by atoms with Gasteiger partial charge in [0.1, 0.15) is 12.1 Å². The lowest BCUT2D eigenvalue weighted by molar-refractivity contribution is 0.00555. The van der Waals surface area contributed by atoms with Crippen molar-refractivity contribution in [3.05, 3.63) is 23.8 Å². The number of nitrogens with one attached hydrogen (secondary N) is 1. The standard InChI is InChI=1S/C25H36N2O4/c1-16(2)20-11-9-17(3)13-23(20)31-25(28)27-21(15-26)18-10-12-22(29-4)24(14-18)30-19-7-5-6-8-19/h10,12,14,16-17,19-21,23H,5-9,11,13H2,1-4H3,(H,27,28). The van der Waals surface area contributed by atoms with E-state index >= 15 is 0 Å². The lowest BCUT2D eigenvalue weighted by Gasteiger charge is -2.36. The number of hydrogen-bond donors (Lipinski definition) is 1. The molecule has 1 N–H and O–H groups in total. The van der Waals surface area contributed by atoms with Gasteiger partial charge < -0.3 is 19.5 Å². The molecule has 0 spiro atoms. The first-order valence-corrected chi connectivity index (χ1v) is 11.6. The molecule has 31 heavy (non-hydrogen) atoms. The number of ether oxygens (including phenoxy) is 3. The Balaban J connectivity index is 1.68. The summed E-state index contributed by atoms with van der Waals surface area (Å²) in [6.07, 6.45) is 7.01. The predicted octanol–water partition coefficient (Wildman–Crippen LogP) is 5.77. The fourth-order valence-electron chi connectivity index (χ4n) is 4.88. The first-order chi connectivity index (χ1) is 14.9. The number of rotatable bonds is 7. The van der Waals surface area contributed by atoms with Gasteiger partial charge in [-0.1, -0.05) is 33.3 Å². The van der Waals surface area contributed by atoms with Gasteiger partial charge in [-0.15, -0.1) is 0 Å². The van der Waals surface area contributed by atoms with Crippen molar-refractivity contribution in [2.24, 2.45) is 17.8 Å². The molecule has 1 aromatic carbocycles. The molecule has 0 bridgehead atoms. The van der Waals surface area contributed by atoms with Gasteiger partial charge >= 0.3 is 6.09 Å². The van der Waals surface area contributed by atoms with Crippen molar-refractivity contribution in [3.8, 4) is 17.6 Å². The van der Waals surface area contributed by atoms with E-state index in [1.165, 1.54) is 6.42 Å². The maximum atomic E-state index is 12.7. The molecule has 170 valence electrons. The zero-order valence-electron chi connectivity index (χ0n) is 19.2. The Bertz CT molecular complexity index is 782. The minimum atomic E-state index is -0.817. The lowest BCUT2D eigenvalue weighted by atomic mass is 9.75. The minimum absolute atomic E-state index is 0.111. The summed E-state index contributed by atoms with van der Waals surface area (Å²) in [4.78, 5) is 12.7. The number of hydrogen-bond acceptors (Lipinski definition) is 5. The number of carbonyl (C=O) groups excluding carboxylic acids is 1. The zero-order chi connectivity index (χ0) is 22.4. The van der Waals surface area contributed by atoms with Crippen LogP contribution in [0.5, 0.6) is 11.5 Å². The summed E-state index contributed by atoms with van der Waals surface area (Å²) >= 11 is 0. The molecule has 0 aliphatic heterocycles. The Labute approximate surface area is 186 Å². The second-order valence-electron chi connectivity index (χ2n) is 9.41. The van der Waals surface area contributed by atoms with Crippen molar-refractivity contribution >= 4 is 6.09 Å². The lowest BCUT2D eigenvalue weighted by Crippen LogP contribution is -2.39. The van der Waals surface area contributed by atoms with Crippen LogP contribution in [-0.2, 0) is 4.74 Å². The third-order valence-corrected chi connectivity index (χ3v) is 6.73. The average molecular weight is 429 g/mol. The van der Waals surface area contributed by atoms with Crippen LogP contribution >= 0.6 is 0 Å². The largest absolute Gasteiger partial charge is 0.493 e. The van der Waals surface area contributed by atoms with E-state index in [2.05, 4.69) is 32.2 Å². The SMILES string of the molecule is COc1ccc(C(C#N)NC(=O)OC2CC(C)CCC2C(C)C)cc1OC1CCCC1. The number of nitrogens with zero attached hydrogens (tertiary/aromatic N) is 1. The molecule has 2 fully saturated rings. The second kappa shape index (κ2) is 10.7. The molecular weight excluding hydrogens is 392 g/mol. The molecule has 1 amide bonds. The number of methoxy groups -OCH3 is 1. The highest BCUT2D eigenvalue weighted by Crippen LogP contribution is 2.36. The van der Waals surface area contributed by atoms with Crippen molar-refractivity contribution in [3.63, 3.8) is 0 Å². The van der Waals surface area contributed by atoms with E-state index in [4.69, 9.17) is 14.2 Å². The first-order valence-electron chi connectivity index (χ1n) is 11.6. The van der Waals surface area contributed by atoms with Gasteiger partial charge in [-0.2, -0.15) is 5.26 Å². The van der Waals surface area contributed by atoms with Crippen LogP contribution in [0, 0.1) is 29.1 Å². The Morgan fingerprint density at radius 1 is 1.16 bits per heavy atom. The van der Waals surface area contributed by atoms with Gasteiger partial charge in [-0.25, -0.2) is 4.79 Å². The second-order valence-corrected chi connectivity index (χ2v) is 9.41. The van der Waals surface area contributed by atoms with Gasteiger partial charge in [0.25, 0.3) is 0 Å². The molecule has 2 aliphatic carbocycles. The van der Waals surface area contributed by atoms with Crippen molar-refractivity contribution in [2.45, 2.75) is 84.0 Å². The summed E-state index contributed by atoms with van der Waals surface area (Å²) < 4.78 is 17.4. The Morgan fingerprint density at radius 2 is 1.90 bits per heavy atom. The van der Waals surface area contributed by atoms with Crippen molar-refractivity contribution in [2.75, 3.05) is 7.11 Å². The number of amides is 1. The summed E-state index contributed by atoms with van der Waals surface area (Å²) in [6.45, 7) is 6.55. The third-order valence-electron chi connectivity index (χ3n) is 6.73. The number of carbonyl (C=O) groups is 1. The van der Waals surface area contributed by atoms with E-state index in [1.807, 2.05) is 0 Å². The van der Waals surface area contributed by atoms with Gasteiger partial charge in [0.2, 0.25) is 0 Å². The fraction of sp³-hybridized carbons (Fsp3) is 0.680. The molecular formula is C25H36N2O4. The van der Waals surface area contributed by atoms with Crippen molar-refractivity contribution in [1.82, 2.24) is 5.32 Å². The van der Waals surface area contributed by atoms with E-state index in [9.17, 15) is 10.1 Å². The molecule has 4 atom stereocenters. The smallest absolute Gasteiger partial charge is 0.408 e.